The van der Waals surface area contributed by atoms with Gasteiger partial charge < -0.3 is 10.6 Å². The summed E-state index contributed by atoms with van der Waals surface area (Å²) in [6, 6.07) is 10.5. The molecule has 0 aliphatic rings. The Bertz CT molecular complexity index is 615. The molecule has 5 nitrogen and oxygen atoms in total. The molecule has 1 aromatic carbocycles. The quantitative estimate of drug-likeness (QED) is 0.192. The maximum atomic E-state index is 4.62. The van der Waals surface area contributed by atoms with E-state index in [0.717, 1.165) is 44.3 Å². The van der Waals surface area contributed by atoms with E-state index in [4.69, 9.17) is 0 Å². The predicted molar refractivity (Wildman–Crippen MR) is 118 cm³/mol. The molecule has 0 fully saturated rings. The van der Waals surface area contributed by atoms with Gasteiger partial charge in [-0.1, -0.05) is 18.2 Å². The summed E-state index contributed by atoms with van der Waals surface area (Å²) in [5.74, 6) is 1.91. The third kappa shape index (κ3) is 9.15. The number of nitrogens with one attached hydrogen (secondary N) is 2. The zero-order chi connectivity index (χ0) is 17.0. The van der Waals surface area contributed by atoms with E-state index in [1.54, 1.807) is 0 Å². The van der Waals surface area contributed by atoms with Gasteiger partial charge in [0.25, 0.3) is 0 Å². The van der Waals surface area contributed by atoms with Crippen molar-refractivity contribution in [3.05, 3.63) is 48.3 Å². The van der Waals surface area contributed by atoms with Crippen LogP contribution in [-0.2, 0) is 6.54 Å². The van der Waals surface area contributed by atoms with Crippen LogP contribution in [0.1, 0.15) is 18.9 Å². The van der Waals surface area contributed by atoms with E-state index in [2.05, 4.69) is 65.0 Å². The fourth-order valence-electron chi connectivity index (χ4n) is 2.21. The summed E-state index contributed by atoms with van der Waals surface area (Å²) in [7, 11) is 0. The SMILES string of the molecule is CCNC(=NCCCn1cc(C)cn1)NCCSc1ccccc1.I. The van der Waals surface area contributed by atoms with Crippen molar-refractivity contribution in [2.24, 2.45) is 4.99 Å². The molecule has 0 radical (unpaired) electrons. The number of thioether (sulfide) groups is 1. The molecule has 2 N–H and O–H groups in total. The molecule has 0 saturated carbocycles. The first-order chi connectivity index (χ1) is 11.8. The molecule has 0 bridgehead atoms. The number of halogens is 1. The molecule has 138 valence electrons. The second kappa shape index (κ2) is 13.0. The van der Waals surface area contributed by atoms with Crippen LogP contribution in [0.4, 0.5) is 0 Å². The Morgan fingerprint density at radius 1 is 1.24 bits per heavy atom. The number of aromatic nitrogens is 2. The van der Waals surface area contributed by atoms with Crippen molar-refractivity contribution in [1.82, 2.24) is 20.4 Å². The van der Waals surface area contributed by atoms with Gasteiger partial charge in [-0.3, -0.25) is 9.67 Å². The van der Waals surface area contributed by atoms with Crippen molar-refractivity contribution in [2.75, 3.05) is 25.4 Å². The number of guanidine groups is 1. The maximum Gasteiger partial charge on any atom is 0.191 e. The molecule has 1 aromatic heterocycles. The van der Waals surface area contributed by atoms with Crippen LogP contribution in [0.25, 0.3) is 0 Å². The molecule has 0 saturated heterocycles. The van der Waals surface area contributed by atoms with Gasteiger partial charge in [-0.05, 0) is 38.0 Å². The smallest absolute Gasteiger partial charge is 0.191 e. The van der Waals surface area contributed by atoms with Gasteiger partial charge in [0.15, 0.2) is 5.96 Å². The first kappa shape index (κ1) is 21.8. The summed E-state index contributed by atoms with van der Waals surface area (Å²) >= 11 is 1.85. The van der Waals surface area contributed by atoms with Crippen LogP contribution < -0.4 is 10.6 Å². The summed E-state index contributed by atoms with van der Waals surface area (Å²) in [6.45, 7) is 7.60. The van der Waals surface area contributed by atoms with E-state index >= 15 is 0 Å². The lowest BCUT2D eigenvalue weighted by molar-refractivity contribution is 0.583. The van der Waals surface area contributed by atoms with E-state index in [1.165, 1.54) is 10.5 Å². The number of rotatable bonds is 9. The van der Waals surface area contributed by atoms with Crippen LogP contribution >= 0.6 is 35.7 Å². The van der Waals surface area contributed by atoms with Crippen molar-refractivity contribution >= 4 is 41.7 Å². The summed E-state index contributed by atoms with van der Waals surface area (Å²) in [5.41, 5.74) is 1.20. The van der Waals surface area contributed by atoms with E-state index < -0.39 is 0 Å². The molecule has 2 rings (SSSR count). The van der Waals surface area contributed by atoms with Crippen LogP contribution in [0, 0.1) is 6.92 Å². The molecule has 0 unspecified atom stereocenters. The number of aryl methyl sites for hydroxylation is 2. The van der Waals surface area contributed by atoms with E-state index in [-0.39, 0.29) is 24.0 Å². The minimum absolute atomic E-state index is 0. The zero-order valence-corrected chi connectivity index (χ0v) is 18.1. The zero-order valence-electron chi connectivity index (χ0n) is 14.9. The monoisotopic (exact) mass is 473 g/mol. The Morgan fingerprint density at radius 2 is 2.04 bits per heavy atom. The third-order valence-electron chi connectivity index (χ3n) is 3.33. The molecule has 1 heterocycles. The Labute approximate surface area is 172 Å². The Balaban J connectivity index is 0.00000312. The molecule has 2 aromatic rings. The van der Waals surface area contributed by atoms with Crippen molar-refractivity contribution in [1.29, 1.82) is 0 Å². The lowest BCUT2D eigenvalue weighted by Crippen LogP contribution is -2.38. The number of nitrogens with zero attached hydrogens (tertiary/aromatic N) is 3. The minimum Gasteiger partial charge on any atom is -0.357 e. The van der Waals surface area contributed by atoms with Gasteiger partial charge in [-0.25, -0.2) is 0 Å². The molecule has 0 amide bonds. The molecule has 0 spiro atoms. The van der Waals surface area contributed by atoms with Crippen LogP contribution in [0.5, 0.6) is 0 Å². The summed E-state index contributed by atoms with van der Waals surface area (Å²) in [5, 5.41) is 11.0. The molecule has 0 aliphatic heterocycles. The average molecular weight is 473 g/mol. The normalized spacial score (nSPS) is 11.0. The molecule has 0 aliphatic carbocycles. The summed E-state index contributed by atoms with van der Waals surface area (Å²) in [4.78, 5) is 5.93. The third-order valence-corrected chi connectivity index (χ3v) is 4.34. The fourth-order valence-corrected chi connectivity index (χ4v) is 3.00. The van der Waals surface area contributed by atoms with E-state index in [9.17, 15) is 0 Å². The predicted octanol–water partition coefficient (Wildman–Crippen LogP) is 3.55. The van der Waals surface area contributed by atoms with E-state index in [1.807, 2.05) is 28.7 Å². The van der Waals surface area contributed by atoms with Crippen LogP contribution in [0.3, 0.4) is 0 Å². The highest BCUT2D eigenvalue weighted by molar-refractivity contribution is 14.0. The molecule has 7 heteroatoms. The lowest BCUT2D eigenvalue weighted by Gasteiger charge is -2.11. The standard InChI is InChI=1S/C18H27N5S.HI/c1-3-19-18(20-10-7-12-23-15-16(2)14-22-23)21-11-13-24-17-8-5-4-6-9-17;/h4-6,8-9,14-15H,3,7,10-13H2,1-2H3,(H2,19,20,21);1H. The maximum absolute atomic E-state index is 4.62. The second-order valence-corrected chi connectivity index (χ2v) is 6.65. The largest absolute Gasteiger partial charge is 0.357 e. The topological polar surface area (TPSA) is 54.2 Å². The van der Waals surface area contributed by atoms with Gasteiger partial charge in [-0.2, -0.15) is 5.10 Å². The minimum atomic E-state index is 0. The van der Waals surface area contributed by atoms with Gasteiger partial charge in [-0.15, -0.1) is 35.7 Å². The fraction of sp³-hybridized carbons (Fsp3) is 0.444. The Hall–Kier alpha value is -1.22. The summed E-state index contributed by atoms with van der Waals surface area (Å²) < 4.78 is 1.97. The number of hydrogen-bond acceptors (Lipinski definition) is 3. The Kier molecular flexibility index (Phi) is 11.4. The van der Waals surface area contributed by atoms with Gasteiger partial charge in [0.05, 0.1) is 6.20 Å². The number of benzene rings is 1. The van der Waals surface area contributed by atoms with Crippen molar-refractivity contribution < 1.29 is 0 Å². The number of aliphatic imine (C=N–C) groups is 1. The second-order valence-electron chi connectivity index (χ2n) is 5.48. The first-order valence-electron chi connectivity index (χ1n) is 8.47. The van der Waals surface area contributed by atoms with E-state index in [0.29, 0.717) is 0 Å². The van der Waals surface area contributed by atoms with Crippen molar-refractivity contribution in [3.63, 3.8) is 0 Å². The molecule has 25 heavy (non-hydrogen) atoms. The average Bonchev–Trinajstić information content (AvgIpc) is 3.01. The van der Waals surface area contributed by atoms with Gasteiger partial charge >= 0.3 is 0 Å². The van der Waals surface area contributed by atoms with Crippen LogP contribution in [0.2, 0.25) is 0 Å². The summed E-state index contributed by atoms with van der Waals surface area (Å²) in [6.07, 6.45) is 4.93. The van der Waals surface area contributed by atoms with Gasteiger partial charge in [0.2, 0.25) is 0 Å². The number of hydrogen-bond donors (Lipinski definition) is 2. The highest BCUT2D eigenvalue weighted by Gasteiger charge is 1.98. The highest BCUT2D eigenvalue weighted by atomic mass is 127. The van der Waals surface area contributed by atoms with Crippen LogP contribution in [0.15, 0.2) is 52.6 Å². The van der Waals surface area contributed by atoms with Gasteiger partial charge in [0.1, 0.15) is 0 Å². The van der Waals surface area contributed by atoms with Crippen molar-refractivity contribution in [3.8, 4) is 0 Å². The van der Waals surface area contributed by atoms with Crippen LogP contribution in [-0.4, -0.2) is 41.1 Å². The molecular weight excluding hydrogens is 445 g/mol. The first-order valence-corrected chi connectivity index (χ1v) is 9.45. The molecule has 0 atom stereocenters. The lowest BCUT2D eigenvalue weighted by atomic mass is 10.4. The molecular formula is C18H28IN5S. The highest BCUT2D eigenvalue weighted by Crippen LogP contribution is 2.15. The van der Waals surface area contributed by atoms with Crippen molar-refractivity contribution in [2.45, 2.75) is 31.7 Å². The Morgan fingerprint density at radius 3 is 2.72 bits per heavy atom. The van der Waals surface area contributed by atoms with Gasteiger partial charge in [0, 0.05) is 43.0 Å².